The van der Waals surface area contributed by atoms with Crippen molar-refractivity contribution in [3.8, 4) is 0 Å². The Labute approximate surface area is 64.2 Å². The quantitative estimate of drug-likeness (QED) is 0.587. The third-order valence-electron chi connectivity index (χ3n) is 1.21. The van der Waals surface area contributed by atoms with Crippen LogP contribution in [-0.2, 0) is 4.79 Å². The van der Waals surface area contributed by atoms with Gasteiger partial charge in [-0.3, -0.25) is 4.79 Å². The van der Waals surface area contributed by atoms with Crippen LogP contribution in [-0.4, -0.2) is 6.29 Å². The summed E-state index contributed by atoms with van der Waals surface area (Å²) in [5, 5.41) is 0. The minimum Gasteiger partial charge on any atom is -0.286 e. The second kappa shape index (κ2) is 3.66. The van der Waals surface area contributed by atoms with Crippen LogP contribution in [0.1, 0.15) is 5.56 Å². The summed E-state index contributed by atoms with van der Waals surface area (Å²) in [6.45, 7) is 0. The van der Waals surface area contributed by atoms with Gasteiger partial charge in [-0.25, -0.2) is 4.39 Å². The molecular formula is C9H6FO. The Morgan fingerprint density at radius 1 is 1.27 bits per heavy atom. The van der Waals surface area contributed by atoms with Crippen molar-refractivity contribution in [2.24, 2.45) is 0 Å². The molecule has 0 fully saturated rings. The molecule has 0 aliphatic heterocycles. The maximum absolute atomic E-state index is 12.3. The van der Waals surface area contributed by atoms with Crippen molar-refractivity contribution in [2.75, 3.05) is 0 Å². The van der Waals surface area contributed by atoms with Crippen molar-refractivity contribution in [3.63, 3.8) is 0 Å². The van der Waals surface area contributed by atoms with E-state index in [-0.39, 0.29) is 5.82 Å². The molecular weight excluding hydrogens is 143 g/mol. The second-order valence-electron chi connectivity index (χ2n) is 2.00. The van der Waals surface area contributed by atoms with E-state index in [1.54, 1.807) is 24.5 Å². The number of benzene rings is 1. The molecule has 1 nitrogen and oxygen atoms in total. The van der Waals surface area contributed by atoms with Gasteiger partial charge < -0.3 is 0 Å². The largest absolute Gasteiger partial charge is 0.286 e. The third kappa shape index (κ3) is 2.34. The van der Waals surface area contributed by atoms with Gasteiger partial charge >= 0.3 is 0 Å². The number of halogens is 1. The summed E-state index contributed by atoms with van der Waals surface area (Å²) in [7, 11) is 0. The zero-order valence-electron chi connectivity index (χ0n) is 5.75. The summed E-state index contributed by atoms with van der Waals surface area (Å²) in [4.78, 5) is 9.76. The minimum atomic E-state index is -0.280. The van der Waals surface area contributed by atoms with E-state index < -0.39 is 0 Å². The highest BCUT2D eigenvalue weighted by Gasteiger charge is 1.87. The predicted molar refractivity (Wildman–Crippen MR) is 41.1 cm³/mol. The smallest absolute Gasteiger partial charge is 0.225 e. The maximum atomic E-state index is 12.3. The lowest BCUT2D eigenvalue weighted by Crippen LogP contribution is -1.73. The first-order valence-corrected chi connectivity index (χ1v) is 3.13. The van der Waals surface area contributed by atoms with Crippen LogP contribution < -0.4 is 0 Å². The van der Waals surface area contributed by atoms with Crippen LogP contribution in [0.2, 0.25) is 0 Å². The molecule has 0 heterocycles. The van der Waals surface area contributed by atoms with Crippen molar-refractivity contribution >= 4 is 12.4 Å². The summed E-state index contributed by atoms with van der Waals surface area (Å²) < 4.78 is 12.3. The predicted octanol–water partition coefficient (Wildman–Crippen LogP) is 1.95. The highest BCUT2D eigenvalue weighted by atomic mass is 19.1. The molecule has 0 saturated heterocycles. The van der Waals surface area contributed by atoms with E-state index in [1.807, 2.05) is 0 Å². The molecule has 11 heavy (non-hydrogen) atoms. The second-order valence-corrected chi connectivity index (χ2v) is 2.00. The van der Waals surface area contributed by atoms with Crippen molar-refractivity contribution in [1.29, 1.82) is 0 Å². The van der Waals surface area contributed by atoms with Gasteiger partial charge in [0.25, 0.3) is 0 Å². The van der Waals surface area contributed by atoms with Crippen LogP contribution in [0.25, 0.3) is 6.08 Å². The summed E-state index contributed by atoms with van der Waals surface area (Å²) in [6.07, 6.45) is 4.41. The van der Waals surface area contributed by atoms with E-state index >= 15 is 0 Å². The lowest BCUT2D eigenvalue weighted by Gasteiger charge is -1.89. The first kappa shape index (κ1) is 7.66. The Morgan fingerprint density at radius 2 is 1.91 bits per heavy atom. The highest BCUT2D eigenvalue weighted by Crippen LogP contribution is 2.03. The Hall–Kier alpha value is -1.44. The van der Waals surface area contributed by atoms with Gasteiger partial charge in [-0.2, -0.15) is 0 Å². The van der Waals surface area contributed by atoms with E-state index in [9.17, 15) is 9.18 Å². The van der Waals surface area contributed by atoms with Crippen LogP contribution in [0.4, 0.5) is 4.39 Å². The average Bonchev–Trinajstić information content (AvgIpc) is 2.04. The Kier molecular flexibility index (Phi) is 2.55. The van der Waals surface area contributed by atoms with Gasteiger partial charge in [0.1, 0.15) is 5.82 Å². The molecule has 0 aliphatic carbocycles. The van der Waals surface area contributed by atoms with Crippen LogP contribution in [0.5, 0.6) is 0 Å². The molecule has 0 aliphatic rings. The zero-order chi connectivity index (χ0) is 8.10. The molecule has 1 aromatic carbocycles. The normalized spacial score (nSPS) is 10.3. The maximum Gasteiger partial charge on any atom is 0.225 e. The number of carbonyl (C=O) groups excluding carboxylic acids is 1. The SMILES string of the molecule is O=[C]/C=C/c1ccc(F)cc1. The molecule has 0 bridgehead atoms. The summed E-state index contributed by atoms with van der Waals surface area (Å²) in [5.41, 5.74) is 0.787. The number of hydrogen-bond acceptors (Lipinski definition) is 1. The average molecular weight is 149 g/mol. The van der Waals surface area contributed by atoms with Crippen molar-refractivity contribution in [3.05, 3.63) is 41.7 Å². The van der Waals surface area contributed by atoms with E-state index in [2.05, 4.69) is 0 Å². The van der Waals surface area contributed by atoms with Crippen LogP contribution in [0.3, 0.4) is 0 Å². The topological polar surface area (TPSA) is 17.1 Å². The molecule has 1 radical (unpaired) electrons. The molecule has 0 atom stereocenters. The fourth-order valence-corrected chi connectivity index (χ4v) is 0.704. The lowest BCUT2D eigenvalue weighted by atomic mass is 10.2. The van der Waals surface area contributed by atoms with E-state index in [4.69, 9.17) is 0 Å². The highest BCUT2D eigenvalue weighted by molar-refractivity contribution is 5.74. The lowest BCUT2D eigenvalue weighted by molar-refractivity contribution is 0.564. The van der Waals surface area contributed by atoms with Gasteiger partial charge in [-0.05, 0) is 23.8 Å². The van der Waals surface area contributed by atoms with Crippen molar-refractivity contribution in [2.45, 2.75) is 0 Å². The van der Waals surface area contributed by atoms with Gasteiger partial charge in [-0.15, -0.1) is 0 Å². The molecule has 0 amide bonds. The van der Waals surface area contributed by atoms with Gasteiger partial charge in [0.2, 0.25) is 6.29 Å². The number of allylic oxidation sites excluding steroid dienone is 1. The Balaban J connectivity index is 2.81. The molecule has 0 saturated carbocycles. The summed E-state index contributed by atoms with van der Waals surface area (Å²) in [6, 6.07) is 5.85. The Morgan fingerprint density at radius 3 is 2.45 bits per heavy atom. The van der Waals surface area contributed by atoms with E-state index in [0.717, 1.165) is 5.56 Å². The third-order valence-corrected chi connectivity index (χ3v) is 1.21. The van der Waals surface area contributed by atoms with E-state index in [1.165, 1.54) is 18.2 Å². The van der Waals surface area contributed by atoms with Gasteiger partial charge in [0, 0.05) is 0 Å². The summed E-state index contributed by atoms with van der Waals surface area (Å²) in [5.74, 6) is -0.280. The fourth-order valence-electron chi connectivity index (χ4n) is 0.704. The first-order valence-electron chi connectivity index (χ1n) is 3.13. The number of rotatable bonds is 2. The monoisotopic (exact) mass is 149 g/mol. The molecule has 1 aromatic rings. The van der Waals surface area contributed by atoms with Gasteiger partial charge in [-0.1, -0.05) is 18.2 Å². The molecule has 0 N–H and O–H groups in total. The molecule has 0 aromatic heterocycles. The van der Waals surface area contributed by atoms with Crippen molar-refractivity contribution < 1.29 is 9.18 Å². The first-order chi connectivity index (χ1) is 5.33. The molecule has 1 rings (SSSR count). The summed E-state index contributed by atoms with van der Waals surface area (Å²) >= 11 is 0. The van der Waals surface area contributed by atoms with Crippen LogP contribution in [0.15, 0.2) is 30.3 Å². The number of hydrogen-bond donors (Lipinski definition) is 0. The van der Waals surface area contributed by atoms with E-state index in [0.29, 0.717) is 0 Å². The van der Waals surface area contributed by atoms with Crippen LogP contribution >= 0.6 is 0 Å². The molecule has 55 valence electrons. The molecule has 0 unspecified atom stereocenters. The van der Waals surface area contributed by atoms with Crippen molar-refractivity contribution in [1.82, 2.24) is 0 Å². The zero-order valence-corrected chi connectivity index (χ0v) is 5.75. The van der Waals surface area contributed by atoms with Gasteiger partial charge in [0.15, 0.2) is 0 Å². The standard InChI is InChI=1S/C9H6FO/c10-9-5-3-8(4-6-9)2-1-7-11/h1-6H/b2-1+. The van der Waals surface area contributed by atoms with Crippen LogP contribution in [0, 0.1) is 5.82 Å². The minimum absolute atomic E-state index is 0.280. The Bertz CT molecular complexity index is 261. The van der Waals surface area contributed by atoms with Gasteiger partial charge in [0.05, 0.1) is 0 Å². The molecule has 0 spiro atoms. The molecule has 2 heteroatoms. The fraction of sp³-hybridized carbons (Fsp3) is 0.